The van der Waals surface area contributed by atoms with Crippen molar-refractivity contribution in [1.29, 1.82) is 0 Å². The summed E-state index contributed by atoms with van der Waals surface area (Å²) in [6.45, 7) is 9.59. The maximum Gasteiger partial charge on any atom is 0.410 e. The third-order valence-electron chi connectivity index (χ3n) is 5.13. The van der Waals surface area contributed by atoms with Gasteiger partial charge in [-0.1, -0.05) is 34.8 Å². The zero-order valence-electron chi connectivity index (χ0n) is 16.7. The molecule has 3 rings (SSSR count). The molecule has 1 aromatic carbocycles. The molecule has 1 saturated carbocycles. The Morgan fingerprint density at radius 2 is 1.93 bits per heavy atom. The van der Waals surface area contributed by atoms with Crippen LogP contribution in [-0.4, -0.2) is 48.9 Å². The van der Waals surface area contributed by atoms with Crippen LogP contribution in [0.25, 0.3) is 0 Å². The van der Waals surface area contributed by atoms with Gasteiger partial charge < -0.3 is 19.3 Å². The molecule has 1 aliphatic carbocycles. The van der Waals surface area contributed by atoms with Crippen LogP contribution < -0.4 is 4.90 Å². The first-order valence-corrected chi connectivity index (χ1v) is 10.7. The van der Waals surface area contributed by atoms with Gasteiger partial charge in [-0.25, -0.2) is 4.79 Å². The molecule has 1 amide bonds. The molecule has 1 saturated heterocycles. The van der Waals surface area contributed by atoms with Gasteiger partial charge >= 0.3 is 6.09 Å². The summed E-state index contributed by atoms with van der Waals surface area (Å²) in [7, 11) is 0. The fourth-order valence-corrected chi connectivity index (χ4v) is 4.18. The lowest BCUT2D eigenvalue weighted by Gasteiger charge is -2.35. The van der Waals surface area contributed by atoms with Gasteiger partial charge in [0.2, 0.25) is 0 Å². The van der Waals surface area contributed by atoms with Crippen molar-refractivity contribution in [3.8, 4) is 0 Å². The van der Waals surface area contributed by atoms with Gasteiger partial charge in [0, 0.05) is 29.3 Å². The molecule has 1 heterocycles. The zero-order chi connectivity index (χ0) is 19.4. The molecular formula is C21H31BrN2O3. The Kier molecular flexibility index (Phi) is 6.69. The largest absolute Gasteiger partial charge is 0.444 e. The number of halogens is 1. The SMILES string of the molecule is CC(C)(C)OC(=O)N(Cc1ccc(Br)cc1N1CCOCC1)C1CCCC1. The van der Waals surface area contributed by atoms with Crippen LogP contribution in [0.4, 0.5) is 10.5 Å². The Bertz CT molecular complexity index is 647. The second-order valence-corrected chi connectivity index (χ2v) is 9.33. The van der Waals surface area contributed by atoms with E-state index in [1.807, 2.05) is 25.7 Å². The van der Waals surface area contributed by atoms with Crippen LogP contribution in [0, 0.1) is 0 Å². The number of amides is 1. The van der Waals surface area contributed by atoms with E-state index < -0.39 is 5.60 Å². The minimum Gasteiger partial charge on any atom is -0.444 e. The second-order valence-electron chi connectivity index (χ2n) is 8.42. The molecule has 0 radical (unpaired) electrons. The minimum atomic E-state index is -0.485. The molecule has 1 aliphatic heterocycles. The summed E-state index contributed by atoms with van der Waals surface area (Å²) in [5.41, 5.74) is 1.86. The molecule has 5 nitrogen and oxygen atoms in total. The highest BCUT2D eigenvalue weighted by atomic mass is 79.9. The summed E-state index contributed by atoms with van der Waals surface area (Å²) in [5, 5.41) is 0. The molecule has 6 heteroatoms. The van der Waals surface area contributed by atoms with Crippen molar-refractivity contribution in [3.05, 3.63) is 28.2 Å². The van der Waals surface area contributed by atoms with Crippen molar-refractivity contribution < 1.29 is 14.3 Å². The summed E-state index contributed by atoms with van der Waals surface area (Å²) in [6.07, 6.45) is 4.28. The maximum absolute atomic E-state index is 13.0. The van der Waals surface area contributed by atoms with Crippen LogP contribution in [-0.2, 0) is 16.0 Å². The lowest BCUT2D eigenvalue weighted by molar-refractivity contribution is 0.0145. The molecule has 0 bridgehead atoms. The third kappa shape index (κ3) is 5.61. The molecule has 0 unspecified atom stereocenters. The van der Waals surface area contributed by atoms with Crippen molar-refractivity contribution in [3.63, 3.8) is 0 Å². The summed E-state index contributed by atoms with van der Waals surface area (Å²) < 4.78 is 12.3. The molecule has 0 spiro atoms. The maximum atomic E-state index is 13.0. The predicted molar refractivity (Wildman–Crippen MR) is 111 cm³/mol. The predicted octanol–water partition coefficient (Wildman–Crippen LogP) is 4.97. The highest BCUT2D eigenvalue weighted by Gasteiger charge is 2.31. The monoisotopic (exact) mass is 438 g/mol. The summed E-state index contributed by atoms with van der Waals surface area (Å²) in [5.74, 6) is 0. The normalized spacial score (nSPS) is 18.6. The number of ether oxygens (including phenoxy) is 2. The first kappa shape index (κ1) is 20.5. The van der Waals surface area contributed by atoms with Gasteiger partial charge in [0.25, 0.3) is 0 Å². The Morgan fingerprint density at radius 3 is 2.56 bits per heavy atom. The minimum absolute atomic E-state index is 0.203. The summed E-state index contributed by atoms with van der Waals surface area (Å²) >= 11 is 3.60. The molecule has 150 valence electrons. The van der Waals surface area contributed by atoms with Crippen molar-refractivity contribution in [2.24, 2.45) is 0 Å². The lowest BCUT2D eigenvalue weighted by Crippen LogP contribution is -2.42. The first-order chi connectivity index (χ1) is 12.8. The molecular weight excluding hydrogens is 408 g/mol. The van der Waals surface area contributed by atoms with Gasteiger partial charge in [-0.3, -0.25) is 0 Å². The molecule has 0 aromatic heterocycles. The Labute approximate surface area is 171 Å². The number of anilines is 1. The van der Waals surface area contributed by atoms with Crippen molar-refractivity contribution in [2.75, 3.05) is 31.2 Å². The summed E-state index contributed by atoms with van der Waals surface area (Å²) in [6, 6.07) is 6.60. The molecule has 2 aliphatic rings. The molecule has 0 atom stereocenters. The number of carbonyl (C=O) groups excluding carboxylic acids is 1. The average molecular weight is 439 g/mol. The fraction of sp³-hybridized carbons (Fsp3) is 0.667. The van der Waals surface area contributed by atoms with Crippen LogP contribution >= 0.6 is 15.9 Å². The van der Waals surface area contributed by atoms with Gasteiger partial charge in [0.1, 0.15) is 5.60 Å². The van der Waals surface area contributed by atoms with Crippen LogP contribution in [0.2, 0.25) is 0 Å². The third-order valence-corrected chi connectivity index (χ3v) is 5.63. The van der Waals surface area contributed by atoms with E-state index in [9.17, 15) is 4.79 Å². The van der Waals surface area contributed by atoms with Gasteiger partial charge in [-0.05, 0) is 51.3 Å². The van der Waals surface area contributed by atoms with E-state index in [1.165, 1.54) is 18.5 Å². The summed E-state index contributed by atoms with van der Waals surface area (Å²) in [4.78, 5) is 17.3. The van der Waals surface area contributed by atoms with E-state index in [0.29, 0.717) is 6.54 Å². The van der Waals surface area contributed by atoms with E-state index in [1.54, 1.807) is 0 Å². The lowest BCUT2D eigenvalue weighted by atomic mass is 10.1. The average Bonchev–Trinajstić information content (AvgIpc) is 3.14. The van der Waals surface area contributed by atoms with Crippen LogP contribution in [0.3, 0.4) is 0 Å². The highest BCUT2D eigenvalue weighted by molar-refractivity contribution is 9.10. The molecule has 1 aromatic rings. The number of carbonyl (C=O) groups is 1. The second kappa shape index (κ2) is 8.82. The van der Waals surface area contributed by atoms with Gasteiger partial charge in [0.05, 0.1) is 19.8 Å². The van der Waals surface area contributed by atoms with E-state index in [4.69, 9.17) is 9.47 Å². The Hall–Kier alpha value is -1.27. The van der Waals surface area contributed by atoms with E-state index >= 15 is 0 Å². The fourth-order valence-electron chi connectivity index (χ4n) is 3.83. The zero-order valence-corrected chi connectivity index (χ0v) is 18.3. The molecule has 0 N–H and O–H groups in total. The standard InChI is InChI=1S/C21H31BrN2O3/c1-21(2,3)27-20(25)24(18-6-4-5-7-18)15-16-8-9-17(22)14-19(16)23-10-12-26-13-11-23/h8-9,14,18H,4-7,10-13,15H2,1-3H3. The van der Waals surface area contributed by atoms with Crippen molar-refractivity contribution in [1.82, 2.24) is 4.90 Å². The van der Waals surface area contributed by atoms with E-state index in [0.717, 1.165) is 49.2 Å². The number of hydrogen-bond acceptors (Lipinski definition) is 4. The van der Waals surface area contributed by atoms with Gasteiger partial charge in [0.15, 0.2) is 0 Å². The number of hydrogen-bond donors (Lipinski definition) is 0. The number of morpholine rings is 1. The number of rotatable bonds is 4. The van der Waals surface area contributed by atoms with Crippen LogP contribution in [0.1, 0.15) is 52.0 Å². The molecule has 2 fully saturated rings. The van der Waals surface area contributed by atoms with Crippen LogP contribution in [0.5, 0.6) is 0 Å². The van der Waals surface area contributed by atoms with Gasteiger partial charge in [-0.2, -0.15) is 0 Å². The Morgan fingerprint density at radius 1 is 1.26 bits per heavy atom. The van der Waals surface area contributed by atoms with Crippen molar-refractivity contribution >= 4 is 27.7 Å². The molecule has 27 heavy (non-hydrogen) atoms. The quantitative estimate of drug-likeness (QED) is 0.665. The van der Waals surface area contributed by atoms with E-state index in [2.05, 4.69) is 39.0 Å². The smallest absolute Gasteiger partial charge is 0.410 e. The number of nitrogens with zero attached hydrogens (tertiary/aromatic N) is 2. The van der Waals surface area contributed by atoms with E-state index in [-0.39, 0.29) is 12.1 Å². The first-order valence-electron chi connectivity index (χ1n) is 9.94. The topological polar surface area (TPSA) is 42.0 Å². The Balaban J connectivity index is 1.85. The highest BCUT2D eigenvalue weighted by Crippen LogP contribution is 2.31. The number of benzene rings is 1. The van der Waals surface area contributed by atoms with Crippen molar-refractivity contribution in [2.45, 2.75) is 64.6 Å². The van der Waals surface area contributed by atoms with Crippen LogP contribution in [0.15, 0.2) is 22.7 Å². The van der Waals surface area contributed by atoms with Gasteiger partial charge in [-0.15, -0.1) is 0 Å².